The molecule has 0 aromatic carbocycles. The van der Waals surface area contributed by atoms with E-state index in [1.54, 1.807) is 0 Å². The number of hydrogen-bond donors (Lipinski definition) is 0. The lowest BCUT2D eigenvalue weighted by molar-refractivity contribution is -0.973. The van der Waals surface area contributed by atoms with Gasteiger partial charge >= 0.3 is 0 Å². The van der Waals surface area contributed by atoms with E-state index in [2.05, 4.69) is 27.7 Å². The van der Waals surface area contributed by atoms with E-state index in [0.717, 1.165) is 0 Å². The molecule has 2 heteroatoms. The van der Waals surface area contributed by atoms with Crippen LogP contribution in [0.5, 0.6) is 0 Å². The maximum atomic E-state index is 2.38. The summed E-state index contributed by atoms with van der Waals surface area (Å²) in [6.07, 6.45) is 2.91. The Kier molecular flexibility index (Phi) is 5.26. The lowest BCUT2D eigenvalue weighted by Crippen LogP contribution is -2.56. The molecule has 0 atom stereocenters. The Morgan fingerprint density at radius 2 is 1.38 bits per heavy atom. The second-order valence-electron chi connectivity index (χ2n) is 5.55. The molecule has 0 saturated carbocycles. The monoisotopic (exact) mass is 228 g/mol. The summed E-state index contributed by atoms with van der Waals surface area (Å²) in [7, 11) is 0. The smallest absolute Gasteiger partial charge is 0.128 e. The van der Waals surface area contributed by atoms with E-state index in [-0.39, 0.29) is 0 Å². The minimum Gasteiger partial charge on any atom is -0.320 e. The topological polar surface area (TPSA) is 0 Å². The fourth-order valence-electron chi connectivity index (χ4n) is 3.27. The van der Waals surface area contributed by atoms with E-state index in [0.29, 0.717) is 0 Å². The van der Waals surface area contributed by atoms with Crippen LogP contribution in [0.4, 0.5) is 0 Å². The lowest BCUT2D eigenvalue weighted by Gasteiger charge is -2.40. The summed E-state index contributed by atoms with van der Waals surface area (Å²) in [5, 5.41) is 0. The predicted molar refractivity (Wildman–Crippen MR) is 71.4 cm³/mol. The van der Waals surface area contributed by atoms with Crippen molar-refractivity contribution in [3.8, 4) is 0 Å². The van der Waals surface area contributed by atoms with Gasteiger partial charge in [-0.2, -0.15) is 0 Å². The van der Waals surface area contributed by atoms with Crippen molar-refractivity contribution < 1.29 is 8.97 Å². The van der Waals surface area contributed by atoms with Crippen molar-refractivity contribution in [3.63, 3.8) is 0 Å². The van der Waals surface area contributed by atoms with Crippen LogP contribution in [0.25, 0.3) is 0 Å². The van der Waals surface area contributed by atoms with E-state index in [1.807, 2.05) is 0 Å². The van der Waals surface area contributed by atoms with Crippen molar-refractivity contribution in [2.75, 3.05) is 52.4 Å². The summed E-state index contributed by atoms with van der Waals surface area (Å²) >= 11 is 0. The first-order valence-corrected chi connectivity index (χ1v) is 7.36. The average molecular weight is 228 g/mol. The van der Waals surface area contributed by atoms with Gasteiger partial charge in [-0.15, -0.1) is 0 Å². The maximum Gasteiger partial charge on any atom is 0.128 e. The van der Waals surface area contributed by atoms with Gasteiger partial charge in [-0.1, -0.05) is 0 Å². The van der Waals surface area contributed by atoms with Crippen LogP contribution >= 0.6 is 0 Å². The number of nitrogens with zero attached hydrogens (tertiary/aromatic N) is 2. The van der Waals surface area contributed by atoms with Crippen LogP contribution in [0, 0.1) is 0 Å². The number of hydrogen-bond acceptors (Lipinski definition) is 0. The molecule has 96 valence electrons. The van der Waals surface area contributed by atoms with E-state index in [9.17, 15) is 0 Å². The number of likely N-dealkylation sites (tertiary alicyclic amines) is 1. The fourth-order valence-corrected chi connectivity index (χ4v) is 3.27. The van der Waals surface area contributed by atoms with Crippen LogP contribution in [0.1, 0.15) is 40.5 Å². The zero-order chi connectivity index (χ0) is 12.1. The van der Waals surface area contributed by atoms with E-state index < -0.39 is 0 Å². The molecule has 0 bridgehead atoms. The van der Waals surface area contributed by atoms with Gasteiger partial charge in [0.15, 0.2) is 0 Å². The molecular formula is C14H32N2+2. The van der Waals surface area contributed by atoms with Crippen molar-refractivity contribution in [2.45, 2.75) is 40.5 Å². The Hall–Kier alpha value is -0.0800. The van der Waals surface area contributed by atoms with Crippen molar-refractivity contribution in [2.24, 2.45) is 0 Å². The fraction of sp³-hybridized carbons (Fsp3) is 1.00. The van der Waals surface area contributed by atoms with Crippen LogP contribution in [-0.2, 0) is 0 Å². The lowest BCUT2D eigenvalue weighted by atomic mass is 10.3. The molecule has 0 aromatic heterocycles. The Morgan fingerprint density at radius 3 is 1.75 bits per heavy atom. The zero-order valence-corrected chi connectivity index (χ0v) is 12.0. The maximum absolute atomic E-state index is 2.38. The molecule has 0 N–H and O–H groups in total. The summed E-state index contributed by atoms with van der Waals surface area (Å²) in [5.74, 6) is 0. The van der Waals surface area contributed by atoms with Crippen LogP contribution in [0.2, 0.25) is 0 Å². The molecule has 0 amide bonds. The van der Waals surface area contributed by atoms with Crippen molar-refractivity contribution >= 4 is 0 Å². The first-order chi connectivity index (χ1) is 7.66. The van der Waals surface area contributed by atoms with Crippen LogP contribution < -0.4 is 0 Å². The molecule has 0 aliphatic carbocycles. The van der Waals surface area contributed by atoms with Gasteiger partial charge in [-0.05, 0) is 27.7 Å². The standard InChI is InChI=1S/C14H32N2/c1-5-15(6-2,7-3)13-14-16(8-4)11-9-10-12-16/h5-14H2,1-4H3/q+2. The normalized spacial score (nSPS) is 20.2. The van der Waals surface area contributed by atoms with Gasteiger partial charge in [-0.25, -0.2) is 0 Å². The summed E-state index contributed by atoms with van der Waals surface area (Å²) < 4.78 is 2.72. The van der Waals surface area contributed by atoms with Gasteiger partial charge in [-0.3, -0.25) is 0 Å². The first kappa shape index (κ1) is 14.0. The molecule has 0 unspecified atom stereocenters. The molecule has 1 aliphatic rings. The number of rotatable bonds is 7. The van der Waals surface area contributed by atoms with Gasteiger partial charge in [0.05, 0.1) is 39.3 Å². The summed E-state index contributed by atoms with van der Waals surface area (Å²) in [6, 6.07) is 0. The molecule has 1 saturated heterocycles. The van der Waals surface area contributed by atoms with E-state index in [4.69, 9.17) is 0 Å². The third-order valence-electron chi connectivity index (χ3n) is 5.25. The number of quaternary nitrogens is 2. The van der Waals surface area contributed by atoms with Gasteiger partial charge in [0.1, 0.15) is 13.1 Å². The third-order valence-corrected chi connectivity index (χ3v) is 5.25. The Morgan fingerprint density at radius 1 is 0.875 bits per heavy atom. The van der Waals surface area contributed by atoms with E-state index in [1.165, 1.54) is 74.2 Å². The second kappa shape index (κ2) is 6.02. The number of likely N-dealkylation sites (N-methyl/N-ethyl adjacent to an activating group) is 2. The largest absolute Gasteiger partial charge is 0.320 e. The minimum atomic E-state index is 1.30. The summed E-state index contributed by atoms with van der Waals surface area (Å²) in [5.41, 5.74) is 0. The Bertz CT molecular complexity index is 174. The van der Waals surface area contributed by atoms with Crippen molar-refractivity contribution in [1.29, 1.82) is 0 Å². The Balaban J connectivity index is 2.53. The second-order valence-corrected chi connectivity index (χ2v) is 5.55. The highest BCUT2D eigenvalue weighted by Gasteiger charge is 2.33. The minimum absolute atomic E-state index is 1.30. The van der Waals surface area contributed by atoms with Crippen molar-refractivity contribution in [3.05, 3.63) is 0 Å². The zero-order valence-electron chi connectivity index (χ0n) is 12.0. The molecule has 1 rings (SSSR count). The summed E-state index contributed by atoms with van der Waals surface area (Å²) in [4.78, 5) is 0. The summed E-state index contributed by atoms with van der Waals surface area (Å²) in [6.45, 7) is 20.4. The highest BCUT2D eigenvalue weighted by atomic mass is 15.4. The average Bonchev–Trinajstić information content (AvgIpc) is 2.81. The molecular weight excluding hydrogens is 196 g/mol. The molecule has 0 radical (unpaired) electrons. The third kappa shape index (κ3) is 2.98. The van der Waals surface area contributed by atoms with Crippen LogP contribution in [-0.4, -0.2) is 61.3 Å². The van der Waals surface area contributed by atoms with Crippen molar-refractivity contribution in [1.82, 2.24) is 0 Å². The van der Waals surface area contributed by atoms with Crippen LogP contribution in [0.3, 0.4) is 0 Å². The SMILES string of the molecule is CC[N+](CC)(CC)CC[N+]1(CC)CCCC1. The van der Waals surface area contributed by atoms with Gasteiger partial charge in [0.25, 0.3) is 0 Å². The van der Waals surface area contributed by atoms with E-state index >= 15 is 0 Å². The molecule has 0 spiro atoms. The molecule has 0 aromatic rings. The van der Waals surface area contributed by atoms with Gasteiger partial charge in [0.2, 0.25) is 0 Å². The molecule has 2 nitrogen and oxygen atoms in total. The first-order valence-electron chi connectivity index (χ1n) is 7.36. The predicted octanol–water partition coefficient (Wildman–Crippen LogP) is 2.49. The molecule has 1 fully saturated rings. The molecule has 1 aliphatic heterocycles. The van der Waals surface area contributed by atoms with Gasteiger partial charge < -0.3 is 8.97 Å². The highest BCUT2D eigenvalue weighted by Crippen LogP contribution is 2.20. The molecule has 16 heavy (non-hydrogen) atoms. The van der Waals surface area contributed by atoms with Crippen LogP contribution in [0.15, 0.2) is 0 Å². The highest BCUT2D eigenvalue weighted by molar-refractivity contribution is 4.54. The Labute approximate surface area is 102 Å². The quantitative estimate of drug-likeness (QED) is 0.587. The van der Waals surface area contributed by atoms with Gasteiger partial charge in [0, 0.05) is 12.8 Å². The molecule has 1 heterocycles.